The third-order valence-electron chi connectivity index (χ3n) is 5.35. The van der Waals surface area contributed by atoms with Gasteiger partial charge in [0.2, 0.25) is 5.75 Å². The summed E-state index contributed by atoms with van der Waals surface area (Å²) in [6, 6.07) is 19.2. The first kappa shape index (κ1) is 19.7. The summed E-state index contributed by atoms with van der Waals surface area (Å²) in [6.45, 7) is 2.00. The quantitative estimate of drug-likeness (QED) is 0.364. The fourth-order valence-corrected chi connectivity index (χ4v) is 3.57. The van der Waals surface area contributed by atoms with Gasteiger partial charge in [0.15, 0.2) is 5.82 Å². The molecule has 1 aliphatic heterocycles. The van der Waals surface area contributed by atoms with Crippen LogP contribution in [0.25, 0.3) is 22.4 Å². The summed E-state index contributed by atoms with van der Waals surface area (Å²) in [5.74, 6) is -1.56. The Labute approximate surface area is 183 Å². The predicted molar refractivity (Wildman–Crippen MR) is 120 cm³/mol. The van der Waals surface area contributed by atoms with E-state index in [1.54, 1.807) is 25.3 Å². The number of nitrogens with zero attached hydrogens (tertiary/aromatic N) is 2. The number of aliphatic imine (C=N–C) groups is 1. The second kappa shape index (κ2) is 7.78. The number of nitrogens with one attached hydrogen (secondary N) is 1. The van der Waals surface area contributed by atoms with E-state index >= 15 is 0 Å². The Balaban J connectivity index is 1.53. The van der Waals surface area contributed by atoms with Crippen molar-refractivity contribution in [2.75, 3.05) is 5.32 Å². The van der Waals surface area contributed by atoms with Gasteiger partial charge < -0.3 is 10.4 Å². The number of halogens is 2. The molecule has 4 nitrogen and oxygen atoms in total. The predicted octanol–water partition coefficient (Wildman–Crippen LogP) is 5.98. The molecule has 0 bridgehead atoms. The molecule has 0 amide bonds. The molecule has 0 atom stereocenters. The van der Waals surface area contributed by atoms with Crippen molar-refractivity contribution in [3.63, 3.8) is 0 Å². The number of hydrogen-bond acceptors (Lipinski definition) is 4. The number of anilines is 1. The Morgan fingerprint density at radius 2 is 1.81 bits per heavy atom. The van der Waals surface area contributed by atoms with Gasteiger partial charge in [0, 0.05) is 35.0 Å². The van der Waals surface area contributed by atoms with E-state index in [4.69, 9.17) is 0 Å². The van der Waals surface area contributed by atoms with Crippen molar-refractivity contribution in [3.8, 4) is 28.1 Å². The van der Waals surface area contributed by atoms with E-state index in [2.05, 4.69) is 27.4 Å². The molecular formula is C26H17F2N3O. The molecule has 0 aliphatic carbocycles. The van der Waals surface area contributed by atoms with Crippen LogP contribution in [0.15, 0.2) is 59.7 Å². The van der Waals surface area contributed by atoms with Crippen molar-refractivity contribution in [3.05, 3.63) is 95.2 Å². The number of rotatable bonds is 5. The van der Waals surface area contributed by atoms with Crippen molar-refractivity contribution in [1.29, 1.82) is 0 Å². The van der Waals surface area contributed by atoms with E-state index in [0.29, 0.717) is 11.1 Å². The molecule has 0 unspecified atom stereocenters. The molecule has 0 saturated carbocycles. The minimum Gasteiger partial charge on any atom is -0.499 e. The summed E-state index contributed by atoms with van der Waals surface area (Å²) in [7, 11) is 0. The Bertz CT molecular complexity index is 1380. The summed E-state index contributed by atoms with van der Waals surface area (Å²) in [5.41, 5.74) is 7.13. The zero-order chi connectivity index (χ0) is 22.2. The van der Waals surface area contributed by atoms with Crippen LogP contribution in [0.4, 0.5) is 20.2 Å². The fourth-order valence-electron chi connectivity index (χ4n) is 3.57. The largest absolute Gasteiger partial charge is 0.499 e. The molecule has 0 saturated heterocycles. The highest BCUT2D eigenvalue weighted by Crippen LogP contribution is 2.36. The zero-order valence-electron chi connectivity index (χ0n) is 17.1. The first-order valence-corrected chi connectivity index (χ1v) is 9.98. The molecule has 0 radical (unpaired) electrons. The number of aromatic hydroxyl groups is 1. The maximum atomic E-state index is 13.8. The van der Waals surface area contributed by atoms with Gasteiger partial charge in [-0.3, -0.25) is 9.98 Å². The molecule has 32 heavy (non-hydrogen) atoms. The number of benzene rings is 2. The van der Waals surface area contributed by atoms with E-state index < -0.39 is 11.6 Å². The second-order valence-electron chi connectivity index (χ2n) is 7.59. The summed E-state index contributed by atoms with van der Waals surface area (Å²) in [4.78, 5) is 8.87. The van der Waals surface area contributed by atoms with E-state index in [1.165, 1.54) is 12.1 Å². The monoisotopic (exact) mass is 425 g/mol. The first-order chi connectivity index (χ1) is 15.5. The van der Waals surface area contributed by atoms with Gasteiger partial charge >= 0.3 is 0 Å². The van der Waals surface area contributed by atoms with Crippen LogP contribution in [-0.4, -0.2) is 16.3 Å². The van der Waals surface area contributed by atoms with Gasteiger partial charge in [-0.2, -0.15) is 0 Å². The molecule has 4 aromatic rings. The minimum atomic E-state index is -0.745. The van der Waals surface area contributed by atoms with Crippen LogP contribution in [0.1, 0.15) is 16.7 Å². The third-order valence-corrected chi connectivity index (χ3v) is 5.35. The molecule has 2 N–H and O–H groups in total. The smallest absolute Gasteiger partial charge is 0.204 e. The second-order valence-corrected chi connectivity index (χ2v) is 7.59. The lowest BCUT2D eigenvalue weighted by molar-refractivity contribution is 0.432. The lowest BCUT2D eigenvalue weighted by Gasteiger charge is -2.16. The minimum absolute atomic E-state index is 0.264. The Morgan fingerprint density at radius 1 is 0.969 bits per heavy atom. The zero-order valence-corrected chi connectivity index (χ0v) is 17.1. The molecule has 156 valence electrons. The van der Waals surface area contributed by atoms with Gasteiger partial charge in [-0.05, 0) is 66.6 Å². The highest BCUT2D eigenvalue weighted by atomic mass is 19.1. The number of aryl methyl sites for hydroxylation is 1. The average Bonchev–Trinajstić information content (AvgIpc) is 2.77. The Kier molecular flexibility index (Phi) is 4.79. The molecule has 1 aliphatic rings. The van der Waals surface area contributed by atoms with Crippen molar-refractivity contribution in [1.82, 2.24) is 4.98 Å². The Hall–Kier alpha value is -4.24. The van der Waals surface area contributed by atoms with Crippen LogP contribution in [0, 0.1) is 30.7 Å². The standard InChI is InChI=1S/C26H17F2N3O/c1-15-8-18(3-5-22(15)27)26-21(17-4-6-24-19(10-17)13-30-24)11-20(14-31-26)29-12-16-2-7-25(32)23(28)9-16/h3-6,8-11,13-14,29,32H,12H2,1H3. The maximum absolute atomic E-state index is 13.8. The molecule has 3 aromatic carbocycles. The van der Waals surface area contributed by atoms with Crippen molar-refractivity contribution in [2.24, 2.45) is 4.99 Å². The van der Waals surface area contributed by atoms with E-state index in [9.17, 15) is 13.9 Å². The lowest BCUT2D eigenvalue weighted by atomic mass is 9.95. The normalized spacial score (nSPS) is 11.5. The molecule has 0 fully saturated rings. The van der Waals surface area contributed by atoms with Crippen LogP contribution in [0.5, 0.6) is 5.75 Å². The molecule has 5 rings (SSSR count). The summed E-state index contributed by atoms with van der Waals surface area (Å²) >= 11 is 0. The van der Waals surface area contributed by atoms with Crippen molar-refractivity contribution in [2.45, 2.75) is 13.5 Å². The van der Waals surface area contributed by atoms with Gasteiger partial charge in [-0.1, -0.05) is 12.1 Å². The lowest BCUT2D eigenvalue weighted by Crippen LogP contribution is -2.02. The number of aromatic nitrogens is 1. The topological polar surface area (TPSA) is 57.5 Å². The van der Waals surface area contributed by atoms with Gasteiger partial charge in [0.05, 0.1) is 23.3 Å². The molecule has 0 spiro atoms. The average molecular weight is 425 g/mol. The van der Waals surface area contributed by atoms with Crippen LogP contribution in [0.2, 0.25) is 0 Å². The van der Waals surface area contributed by atoms with Gasteiger partial charge in [-0.25, -0.2) is 8.78 Å². The van der Waals surface area contributed by atoms with Crippen molar-refractivity contribution < 1.29 is 13.9 Å². The molecular weight excluding hydrogens is 408 g/mol. The highest BCUT2D eigenvalue weighted by molar-refractivity contribution is 5.98. The maximum Gasteiger partial charge on any atom is 0.204 e. The van der Waals surface area contributed by atoms with Crippen LogP contribution < -0.4 is 5.32 Å². The number of fused-ring (bicyclic) bond motifs is 1. The van der Waals surface area contributed by atoms with E-state index in [0.717, 1.165) is 39.3 Å². The summed E-state index contributed by atoms with van der Waals surface area (Å²) in [6.07, 6.45) is 3.49. The van der Waals surface area contributed by atoms with Gasteiger partial charge in [0.25, 0.3) is 0 Å². The van der Waals surface area contributed by atoms with Crippen LogP contribution >= 0.6 is 0 Å². The van der Waals surface area contributed by atoms with Gasteiger partial charge in [-0.15, -0.1) is 0 Å². The van der Waals surface area contributed by atoms with Crippen LogP contribution in [-0.2, 0) is 6.54 Å². The summed E-state index contributed by atoms with van der Waals surface area (Å²) < 4.78 is 27.4. The van der Waals surface area contributed by atoms with E-state index in [1.807, 2.05) is 30.5 Å². The molecule has 2 heterocycles. The molecule has 6 heteroatoms. The first-order valence-electron chi connectivity index (χ1n) is 9.98. The SMILES string of the molecule is Cc1cc(-c2ncc(NCc3c#cc(O)c(F)c3)cc2-c2ccc3c(c2)C=N3)ccc1F. The van der Waals surface area contributed by atoms with Gasteiger partial charge in [0.1, 0.15) is 5.82 Å². The Morgan fingerprint density at radius 3 is 2.53 bits per heavy atom. The van der Waals surface area contributed by atoms with Crippen molar-refractivity contribution >= 4 is 17.6 Å². The molecule has 1 aromatic heterocycles. The van der Waals surface area contributed by atoms with E-state index in [-0.39, 0.29) is 12.4 Å². The number of pyridine rings is 1. The number of hydrogen-bond donors (Lipinski definition) is 2. The third kappa shape index (κ3) is 3.65. The van der Waals surface area contributed by atoms with Crippen LogP contribution in [0.3, 0.4) is 0 Å². The highest BCUT2D eigenvalue weighted by Gasteiger charge is 2.15. The fraction of sp³-hybridized carbons (Fsp3) is 0.0769. The summed E-state index contributed by atoms with van der Waals surface area (Å²) in [5, 5.41) is 12.5.